The summed E-state index contributed by atoms with van der Waals surface area (Å²) in [6, 6.07) is 3.34. The van der Waals surface area contributed by atoms with Gasteiger partial charge in [0.15, 0.2) is 5.82 Å². The van der Waals surface area contributed by atoms with Gasteiger partial charge < -0.3 is 20.7 Å². The summed E-state index contributed by atoms with van der Waals surface area (Å²) in [5.74, 6) is -0.0477. The van der Waals surface area contributed by atoms with Gasteiger partial charge in [-0.1, -0.05) is 0 Å². The molecule has 2 bridgehead atoms. The predicted octanol–water partition coefficient (Wildman–Crippen LogP) is 2.13. The highest BCUT2D eigenvalue weighted by Crippen LogP contribution is 2.39. The fourth-order valence-corrected chi connectivity index (χ4v) is 3.87. The maximum absolute atomic E-state index is 13.2. The van der Waals surface area contributed by atoms with Crippen LogP contribution in [0.4, 0.5) is 35.3 Å². The van der Waals surface area contributed by atoms with E-state index in [-0.39, 0.29) is 23.4 Å². The fourth-order valence-electron chi connectivity index (χ4n) is 3.87. The van der Waals surface area contributed by atoms with Crippen LogP contribution in [0.5, 0.6) is 5.75 Å². The van der Waals surface area contributed by atoms with Crippen molar-refractivity contribution in [3.63, 3.8) is 0 Å². The minimum absolute atomic E-state index is 0.203. The highest BCUT2D eigenvalue weighted by molar-refractivity contribution is 6.05. The Morgan fingerprint density at radius 1 is 1.32 bits per heavy atom. The molecule has 0 saturated carbocycles. The van der Waals surface area contributed by atoms with Gasteiger partial charge in [-0.05, 0) is 31.5 Å². The minimum atomic E-state index is -4.59. The summed E-state index contributed by atoms with van der Waals surface area (Å²) in [5, 5.41) is 4.61. The van der Waals surface area contributed by atoms with Crippen LogP contribution < -0.4 is 30.9 Å². The Morgan fingerprint density at radius 2 is 2.12 bits per heavy atom. The van der Waals surface area contributed by atoms with Crippen molar-refractivity contribution < 1.29 is 27.5 Å². The number of urea groups is 1. The van der Waals surface area contributed by atoms with Crippen molar-refractivity contribution in [1.29, 1.82) is 0 Å². The second-order valence-electron chi connectivity index (χ2n) is 7.98. The Kier molecular flexibility index (Phi) is 6.46. The molecule has 0 radical (unpaired) electrons. The van der Waals surface area contributed by atoms with Crippen LogP contribution in [-0.2, 0) is 0 Å². The lowest BCUT2D eigenvalue weighted by molar-refractivity contribution is -0.149. The maximum atomic E-state index is 13.2. The zero-order valence-corrected chi connectivity index (χ0v) is 18.3. The first-order chi connectivity index (χ1) is 16.2. The van der Waals surface area contributed by atoms with Gasteiger partial charge in [-0.3, -0.25) is 15.0 Å². The van der Waals surface area contributed by atoms with Crippen molar-refractivity contribution >= 4 is 29.3 Å². The topological polar surface area (TPSA) is 126 Å². The Bertz CT molecular complexity index is 1080. The van der Waals surface area contributed by atoms with Crippen LogP contribution in [0.1, 0.15) is 23.8 Å². The third-order valence-corrected chi connectivity index (χ3v) is 5.59. The van der Waals surface area contributed by atoms with Gasteiger partial charge in [-0.25, -0.2) is 14.8 Å². The molecule has 34 heavy (non-hydrogen) atoms. The molecule has 0 aliphatic carbocycles. The van der Waals surface area contributed by atoms with E-state index in [9.17, 15) is 22.8 Å². The van der Waals surface area contributed by atoms with Crippen molar-refractivity contribution in [3.05, 3.63) is 36.2 Å². The predicted molar refractivity (Wildman–Crippen MR) is 118 cm³/mol. The molecule has 0 aromatic carbocycles. The van der Waals surface area contributed by atoms with E-state index < -0.39 is 24.2 Å². The number of aromatic nitrogens is 2. The Morgan fingerprint density at radius 3 is 2.85 bits per heavy atom. The van der Waals surface area contributed by atoms with Crippen LogP contribution in [0.25, 0.3) is 0 Å². The van der Waals surface area contributed by atoms with Gasteiger partial charge in [0.2, 0.25) is 0 Å². The van der Waals surface area contributed by atoms with Crippen molar-refractivity contribution in [2.75, 3.05) is 41.4 Å². The molecule has 1 fully saturated rings. The molecule has 4 N–H and O–H groups in total. The second kappa shape index (κ2) is 9.33. The number of alkyl halides is 3. The van der Waals surface area contributed by atoms with E-state index in [4.69, 9.17) is 10.5 Å². The number of carbonyl (C=O) groups excluding carboxylic acids is 2. The fraction of sp³-hybridized carbons (Fsp3) is 0.429. The maximum Gasteiger partial charge on any atom is 0.408 e. The van der Waals surface area contributed by atoms with Gasteiger partial charge in [0.1, 0.15) is 29.9 Å². The smallest absolute Gasteiger partial charge is 0.408 e. The van der Waals surface area contributed by atoms with E-state index >= 15 is 0 Å². The molecule has 2 aromatic heterocycles. The number of nitrogens with one attached hydrogen (secondary N) is 2. The van der Waals surface area contributed by atoms with E-state index in [0.29, 0.717) is 44.1 Å². The number of amides is 3. The average Bonchev–Trinajstić information content (AvgIpc) is 3.21. The number of hydrogen-bond donors (Lipinski definition) is 3. The molecule has 2 atom stereocenters. The zero-order valence-electron chi connectivity index (χ0n) is 18.3. The average molecular weight is 479 g/mol. The molecule has 2 aliphatic heterocycles. The van der Waals surface area contributed by atoms with Gasteiger partial charge in [0.05, 0.1) is 11.7 Å². The lowest BCUT2D eigenvalue weighted by Crippen LogP contribution is -2.49. The Labute approximate surface area is 193 Å². The molecule has 4 rings (SSSR count). The number of fused-ring (bicyclic) bond motifs is 4. The number of nitrogens with two attached hydrogens (primary N) is 1. The monoisotopic (exact) mass is 479 g/mol. The third-order valence-electron chi connectivity index (χ3n) is 5.59. The lowest BCUT2D eigenvalue weighted by Gasteiger charge is -2.35. The van der Waals surface area contributed by atoms with Crippen molar-refractivity contribution in [2.45, 2.75) is 31.6 Å². The van der Waals surface area contributed by atoms with Crippen molar-refractivity contribution in [1.82, 2.24) is 15.3 Å². The molecular weight excluding hydrogens is 455 g/mol. The Balaban J connectivity index is 1.58. The minimum Gasteiger partial charge on any atom is -0.492 e. The number of carbonyl (C=O) groups is 2. The van der Waals surface area contributed by atoms with Crippen molar-refractivity contribution in [3.8, 4) is 5.75 Å². The quantitative estimate of drug-likeness (QED) is 0.580. The normalized spacial score (nSPS) is 17.7. The van der Waals surface area contributed by atoms with Crippen LogP contribution in [-0.4, -0.2) is 66.4 Å². The van der Waals surface area contributed by atoms with Gasteiger partial charge in [0.25, 0.3) is 5.91 Å². The first-order valence-electron chi connectivity index (χ1n) is 10.7. The first-order valence-corrected chi connectivity index (χ1v) is 10.7. The van der Waals surface area contributed by atoms with Gasteiger partial charge in [-0.2, -0.15) is 13.2 Å². The van der Waals surface area contributed by atoms with E-state index in [2.05, 4.69) is 15.3 Å². The standard InChI is InChI=1S/C21H24F3N7O3/c1-12(21(22,23)24)27-19(32)15-2-3-16-18(28-15)31(13-5-8-30(16)11-13)20(33)29-17-10-14(4-7-26-17)34-9-6-25/h2-4,7,10,12-13H,5-6,8-9,11,25H2,1H3,(H,27,32)(H,26,29,33)/t12-,13?/m1/s1. The third kappa shape index (κ3) is 4.83. The van der Waals surface area contributed by atoms with Crippen LogP contribution in [0.3, 0.4) is 0 Å². The molecule has 2 aliphatic rings. The van der Waals surface area contributed by atoms with Crippen LogP contribution in [0, 0.1) is 0 Å². The Hall–Kier alpha value is -3.61. The van der Waals surface area contributed by atoms with Gasteiger partial charge >= 0.3 is 12.2 Å². The number of rotatable bonds is 6. The SMILES string of the molecule is C[C@@H](NC(=O)c1ccc2c(n1)N(C(=O)Nc1cc(OCCN)ccn1)C1CCN2C1)C(F)(F)F. The largest absolute Gasteiger partial charge is 0.492 e. The molecule has 4 heterocycles. The van der Waals surface area contributed by atoms with Crippen LogP contribution >= 0.6 is 0 Å². The van der Waals surface area contributed by atoms with E-state index in [0.717, 1.165) is 6.92 Å². The summed E-state index contributed by atoms with van der Waals surface area (Å²) in [6.07, 6.45) is -2.44. The van der Waals surface area contributed by atoms with E-state index in [1.807, 2.05) is 10.2 Å². The molecule has 10 nitrogen and oxygen atoms in total. The van der Waals surface area contributed by atoms with Gasteiger partial charge in [0, 0.05) is 31.9 Å². The summed E-state index contributed by atoms with van der Waals surface area (Å²) < 4.78 is 44.0. The first kappa shape index (κ1) is 23.5. The van der Waals surface area contributed by atoms with E-state index in [1.54, 1.807) is 18.2 Å². The molecule has 1 saturated heterocycles. The molecule has 1 unspecified atom stereocenters. The van der Waals surface area contributed by atoms with Crippen LogP contribution in [0.2, 0.25) is 0 Å². The number of anilines is 3. The summed E-state index contributed by atoms with van der Waals surface area (Å²) in [7, 11) is 0. The molecular formula is C21H24F3N7O3. The molecule has 182 valence electrons. The molecule has 0 spiro atoms. The summed E-state index contributed by atoms with van der Waals surface area (Å²) in [6.45, 7) is 2.74. The van der Waals surface area contributed by atoms with Crippen LogP contribution in [0.15, 0.2) is 30.5 Å². The van der Waals surface area contributed by atoms with Gasteiger partial charge in [-0.15, -0.1) is 0 Å². The molecule has 3 amide bonds. The number of hydrogen-bond acceptors (Lipinski definition) is 7. The number of pyridine rings is 2. The summed E-state index contributed by atoms with van der Waals surface area (Å²) >= 11 is 0. The molecule has 2 aromatic rings. The molecule has 13 heteroatoms. The number of nitrogens with zero attached hydrogens (tertiary/aromatic N) is 4. The van der Waals surface area contributed by atoms with Crippen molar-refractivity contribution in [2.24, 2.45) is 5.73 Å². The van der Waals surface area contributed by atoms with E-state index in [1.165, 1.54) is 17.2 Å². The highest BCUT2D eigenvalue weighted by atomic mass is 19.4. The number of ether oxygens (including phenoxy) is 1. The summed E-state index contributed by atoms with van der Waals surface area (Å²) in [5.41, 5.74) is 5.85. The highest BCUT2D eigenvalue weighted by Gasteiger charge is 2.41. The lowest BCUT2D eigenvalue weighted by atomic mass is 10.1. The summed E-state index contributed by atoms with van der Waals surface area (Å²) in [4.78, 5) is 37.5. The zero-order chi connectivity index (χ0) is 24.5. The number of halogens is 3. The second-order valence-corrected chi connectivity index (χ2v) is 7.98.